The van der Waals surface area contributed by atoms with E-state index in [-0.39, 0.29) is 22.9 Å². The van der Waals surface area contributed by atoms with Crippen LogP contribution in [0.15, 0.2) is 18.2 Å². The minimum atomic E-state index is -0.561. The molecule has 0 aromatic heterocycles. The molecule has 7 heteroatoms. The van der Waals surface area contributed by atoms with Crippen molar-refractivity contribution in [1.29, 1.82) is 0 Å². The van der Waals surface area contributed by atoms with E-state index in [1.165, 1.54) is 25.3 Å². The number of rotatable bonds is 5. The first-order valence-electron chi connectivity index (χ1n) is 6.19. The Balaban J connectivity index is 2.17. The SMILES string of the molecule is COC(=O)c1ccc([N+](=O)[O-])c(OC[C@@H]2CCOC2)c1. The molecule has 0 unspecified atom stereocenters. The average Bonchev–Trinajstić information content (AvgIpc) is 2.97. The molecule has 0 saturated carbocycles. The van der Waals surface area contributed by atoms with E-state index in [9.17, 15) is 14.9 Å². The zero-order chi connectivity index (χ0) is 14.5. The molecule has 0 bridgehead atoms. The van der Waals surface area contributed by atoms with Crippen LogP contribution in [0, 0.1) is 16.0 Å². The van der Waals surface area contributed by atoms with Gasteiger partial charge in [-0.3, -0.25) is 10.1 Å². The predicted octanol–water partition coefficient (Wildman–Crippen LogP) is 1.80. The Hall–Kier alpha value is -2.15. The molecular formula is C13H15NO6. The number of benzene rings is 1. The summed E-state index contributed by atoms with van der Waals surface area (Å²) in [5.41, 5.74) is 0.0485. The highest BCUT2D eigenvalue weighted by Crippen LogP contribution is 2.29. The van der Waals surface area contributed by atoms with Crippen LogP contribution in [0.3, 0.4) is 0 Å². The van der Waals surface area contributed by atoms with Crippen LogP contribution >= 0.6 is 0 Å². The van der Waals surface area contributed by atoms with E-state index in [1.807, 2.05) is 0 Å². The van der Waals surface area contributed by atoms with Gasteiger partial charge in [-0.05, 0) is 12.5 Å². The predicted molar refractivity (Wildman–Crippen MR) is 68.9 cm³/mol. The van der Waals surface area contributed by atoms with Crippen LogP contribution in [-0.2, 0) is 9.47 Å². The summed E-state index contributed by atoms with van der Waals surface area (Å²) in [6.07, 6.45) is 0.866. The third kappa shape index (κ3) is 3.24. The van der Waals surface area contributed by atoms with Gasteiger partial charge >= 0.3 is 11.7 Å². The topological polar surface area (TPSA) is 87.9 Å². The minimum absolute atomic E-state index is 0.0739. The molecule has 2 rings (SSSR count). The number of ether oxygens (including phenoxy) is 3. The molecule has 1 fully saturated rings. The maximum absolute atomic E-state index is 11.4. The maximum Gasteiger partial charge on any atom is 0.337 e. The average molecular weight is 281 g/mol. The highest BCUT2D eigenvalue weighted by atomic mass is 16.6. The van der Waals surface area contributed by atoms with E-state index >= 15 is 0 Å². The van der Waals surface area contributed by atoms with Gasteiger partial charge in [0.1, 0.15) is 0 Å². The zero-order valence-corrected chi connectivity index (χ0v) is 11.0. The fourth-order valence-electron chi connectivity index (χ4n) is 1.95. The van der Waals surface area contributed by atoms with Gasteiger partial charge in [0.05, 0.1) is 30.8 Å². The monoisotopic (exact) mass is 281 g/mol. The van der Waals surface area contributed by atoms with Gasteiger partial charge in [0.25, 0.3) is 0 Å². The fraction of sp³-hybridized carbons (Fsp3) is 0.462. The van der Waals surface area contributed by atoms with E-state index in [0.29, 0.717) is 19.8 Å². The lowest BCUT2D eigenvalue weighted by atomic mass is 10.1. The van der Waals surface area contributed by atoms with Gasteiger partial charge in [-0.25, -0.2) is 4.79 Å². The van der Waals surface area contributed by atoms with Crippen LogP contribution in [0.25, 0.3) is 0 Å². The molecule has 1 aliphatic heterocycles. The summed E-state index contributed by atoms with van der Waals surface area (Å²) in [7, 11) is 1.25. The molecule has 1 aromatic carbocycles. The van der Waals surface area contributed by atoms with Gasteiger partial charge in [-0.1, -0.05) is 0 Å². The molecule has 1 heterocycles. The Morgan fingerprint density at radius 1 is 1.55 bits per heavy atom. The van der Waals surface area contributed by atoms with Gasteiger partial charge in [0.2, 0.25) is 0 Å². The van der Waals surface area contributed by atoms with Crippen LogP contribution < -0.4 is 4.74 Å². The molecule has 0 radical (unpaired) electrons. The fourth-order valence-corrected chi connectivity index (χ4v) is 1.95. The lowest BCUT2D eigenvalue weighted by Crippen LogP contribution is -2.13. The summed E-state index contributed by atoms with van der Waals surface area (Å²) in [6, 6.07) is 3.92. The molecule has 1 atom stereocenters. The smallest absolute Gasteiger partial charge is 0.337 e. The number of nitro benzene ring substituents is 1. The number of hydrogen-bond acceptors (Lipinski definition) is 6. The molecule has 0 N–H and O–H groups in total. The molecule has 1 saturated heterocycles. The number of carbonyl (C=O) groups excluding carboxylic acids is 1. The standard InChI is InChI=1S/C13H15NO6/c1-18-13(15)10-2-3-11(14(16)17)12(6-10)20-8-9-4-5-19-7-9/h2-3,6,9H,4-5,7-8H2,1H3/t9-/m1/s1. The maximum atomic E-state index is 11.4. The summed E-state index contributed by atoms with van der Waals surface area (Å²) in [4.78, 5) is 21.9. The summed E-state index contributed by atoms with van der Waals surface area (Å²) < 4.78 is 15.3. The first-order valence-corrected chi connectivity index (χ1v) is 6.19. The van der Waals surface area contributed by atoms with Crippen LogP contribution in [0.1, 0.15) is 16.8 Å². The van der Waals surface area contributed by atoms with Gasteiger partial charge in [-0.2, -0.15) is 0 Å². The third-order valence-electron chi connectivity index (χ3n) is 3.08. The zero-order valence-electron chi connectivity index (χ0n) is 11.0. The van der Waals surface area contributed by atoms with E-state index in [2.05, 4.69) is 4.74 Å². The molecule has 20 heavy (non-hydrogen) atoms. The van der Waals surface area contributed by atoms with Gasteiger partial charge < -0.3 is 14.2 Å². The van der Waals surface area contributed by atoms with E-state index in [1.54, 1.807) is 0 Å². The molecule has 108 valence electrons. The van der Waals surface area contributed by atoms with Crippen molar-refractivity contribution < 1.29 is 23.9 Å². The van der Waals surface area contributed by atoms with Crippen molar-refractivity contribution >= 4 is 11.7 Å². The Morgan fingerprint density at radius 2 is 2.35 bits per heavy atom. The van der Waals surface area contributed by atoms with Crippen molar-refractivity contribution in [3.05, 3.63) is 33.9 Å². The Labute approximate surface area is 115 Å². The lowest BCUT2D eigenvalue weighted by molar-refractivity contribution is -0.385. The highest BCUT2D eigenvalue weighted by molar-refractivity contribution is 5.90. The molecule has 0 amide bonds. The van der Waals surface area contributed by atoms with Crippen LogP contribution in [0.2, 0.25) is 0 Å². The van der Waals surface area contributed by atoms with Crippen molar-refractivity contribution in [2.75, 3.05) is 26.9 Å². The second-order valence-corrected chi connectivity index (χ2v) is 4.47. The first-order chi connectivity index (χ1) is 9.61. The van der Waals surface area contributed by atoms with Gasteiger partial charge in [0.15, 0.2) is 5.75 Å². The lowest BCUT2D eigenvalue weighted by Gasteiger charge is -2.11. The normalized spacial score (nSPS) is 17.8. The second-order valence-electron chi connectivity index (χ2n) is 4.47. The van der Waals surface area contributed by atoms with Crippen molar-refractivity contribution in [1.82, 2.24) is 0 Å². The summed E-state index contributed by atoms with van der Waals surface area (Å²) in [5.74, 6) is -0.268. The van der Waals surface area contributed by atoms with Gasteiger partial charge in [-0.15, -0.1) is 0 Å². The number of esters is 1. The molecular weight excluding hydrogens is 266 g/mol. The van der Waals surface area contributed by atoms with Crippen LogP contribution in [0.4, 0.5) is 5.69 Å². The minimum Gasteiger partial charge on any atom is -0.486 e. The molecule has 0 spiro atoms. The largest absolute Gasteiger partial charge is 0.486 e. The molecule has 1 aromatic rings. The number of nitrogens with zero attached hydrogens (tertiary/aromatic N) is 1. The van der Waals surface area contributed by atoms with E-state index < -0.39 is 10.9 Å². The van der Waals surface area contributed by atoms with Gasteiger partial charge in [0, 0.05) is 24.7 Å². The van der Waals surface area contributed by atoms with Crippen molar-refractivity contribution in [3.63, 3.8) is 0 Å². The third-order valence-corrected chi connectivity index (χ3v) is 3.08. The van der Waals surface area contributed by atoms with E-state index in [0.717, 1.165) is 6.42 Å². The summed E-state index contributed by atoms with van der Waals surface area (Å²) in [5, 5.41) is 11.0. The number of carbonyl (C=O) groups is 1. The second kappa shape index (κ2) is 6.33. The van der Waals surface area contributed by atoms with E-state index in [4.69, 9.17) is 9.47 Å². The summed E-state index contributed by atoms with van der Waals surface area (Å²) >= 11 is 0. The number of nitro groups is 1. The quantitative estimate of drug-likeness (QED) is 0.464. The van der Waals surface area contributed by atoms with Crippen molar-refractivity contribution in [2.24, 2.45) is 5.92 Å². The van der Waals surface area contributed by atoms with Crippen LogP contribution in [0.5, 0.6) is 5.75 Å². The molecule has 0 aliphatic carbocycles. The van der Waals surface area contributed by atoms with Crippen molar-refractivity contribution in [2.45, 2.75) is 6.42 Å². The Kier molecular flexibility index (Phi) is 4.52. The van der Waals surface area contributed by atoms with Crippen LogP contribution in [-0.4, -0.2) is 37.8 Å². The molecule has 1 aliphatic rings. The summed E-state index contributed by atoms with van der Waals surface area (Å²) in [6.45, 7) is 1.59. The molecule has 7 nitrogen and oxygen atoms in total. The highest BCUT2D eigenvalue weighted by Gasteiger charge is 2.21. The number of methoxy groups -OCH3 is 1. The Morgan fingerprint density at radius 3 is 2.95 bits per heavy atom. The number of hydrogen-bond donors (Lipinski definition) is 0. The van der Waals surface area contributed by atoms with Crippen molar-refractivity contribution in [3.8, 4) is 5.75 Å². The Bertz CT molecular complexity index is 510. The first kappa shape index (κ1) is 14.3.